The van der Waals surface area contributed by atoms with Crippen molar-refractivity contribution in [2.75, 3.05) is 46.1 Å². The first-order chi connectivity index (χ1) is 10.3. The Bertz CT molecular complexity index is 439. The lowest BCUT2D eigenvalue weighted by Crippen LogP contribution is -2.41. The molecule has 2 aliphatic rings. The van der Waals surface area contributed by atoms with Gasteiger partial charge in [-0.15, -0.1) is 0 Å². The maximum absolute atomic E-state index is 9.78. The summed E-state index contributed by atoms with van der Waals surface area (Å²) in [7, 11) is 0. The molecule has 1 aromatic carbocycles. The van der Waals surface area contributed by atoms with Gasteiger partial charge in [-0.25, -0.2) is 0 Å². The van der Waals surface area contributed by atoms with E-state index in [1.54, 1.807) is 0 Å². The van der Waals surface area contributed by atoms with Crippen LogP contribution in [0.2, 0.25) is 0 Å². The second-order valence-corrected chi connectivity index (χ2v) is 6.32. The average molecular weight is 291 g/mol. The Labute approximate surface area is 126 Å². The van der Waals surface area contributed by atoms with Crippen molar-refractivity contribution in [2.24, 2.45) is 11.3 Å². The number of aliphatic hydroxyl groups is 1. The Morgan fingerprint density at radius 1 is 1.33 bits per heavy atom. The summed E-state index contributed by atoms with van der Waals surface area (Å²) in [5.41, 5.74) is 1.28. The zero-order valence-electron chi connectivity index (χ0n) is 12.5. The van der Waals surface area contributed by atoms with Crippen LogP contribution in [0.3, 0.4) is 0 Å². The molecule has 0 amide bonds. The van der Waals surface area contributed by atoms with Gasteiger partial charge in [-0.1, -0.05) is 30.3 Å². The summed E-state index contributed by atoms with van der Waals surface area (Å²) in [6.45, 7) is 6.21. The maximum Gasteiger partial charge on any atom is 0.0717 e. The fourth-order valence-electron chi connectivity index (χ4n) is 3.54. The zero-order valence-corrected chi connectivity index (χ0v) is 12.5. The van der Waals surface area contributed by atoms with E-state index in [1.807, 2.05) is 18.2 Å². The van der Waals surface area contributed by atoms with Crippen LogP contribution >= 0.6 is 0 Å². The highest BCUT2D eigenvalue weighted by molar-refractivity contribution is 5.13. The molecule has 1 aromatic rings. The third-order valence-corrected chi connectivity index (χ3v) is 4.92. The standard InChI is InChI=1S/C17H25NO3/c19-14-17-6-8-20-12-16(17)10-18(13-17)7-9-21-11-15-4-2-1-3-5-15/h1-5,16,19H,6-14H2/t16-,17-/m1/s1. The van der Waals surface area contributed by atoms with Crippen LogP contribution in [0.1, 0.15) is 12.0 Å². The van der Waals surface area contributed by atoms with Gasteiger partial charge < -0.3 is 19.5 Å². The first kappa shape index (κ1) is 15.0. The Hall–Kier alpha value is -0.940. The van der Waals surface area contributed by atoms with Crippen molar-refractivity contribution in [3.8, 4) is 0 Å². The third kappa shape index (κ3) is 3.46. The van der Waals surface area contributed by atoms with Crippen molar-refractivity contribution in [2.45, 2.75) is 13.0 Å². The molecule has 0 saturated carbocycles. The Morgan fingerprint density at radius 2 is 2.19 bits per heavy atom. The molecular weight excluding hydrogens is 266 g/mol. The highest BCUT2D eigenvalue weighted by Gasteiger charge is 2.47. The van der Waals surface area contributed by atoms with E-state index in [-0.39, 0.29) is 12.0 Å². The van der Waals surface area contributed by atoms with Crippen molar-refractivity contribution in [3.63, 3.8) is 0 Å². The summed E-state index contributed by atoms with van der Waals surface area (Å²) in [6.07, 6.45) is 0.982. The smallest absolute Gasteiger partial charge is 0.0717 e. The number of fused-ring (bicyclic) bond motifs is 1. The SMILES string of the molecule is OC[C@]12CCOC[C@H]1CN(CCOCc1ccccc1)C2. The van der Waals surface area contributed by atoms with Gasteiger partial charge in [-0.05, 0) is 12.0 Å². The molecule has 0 spiro atoms. The second-order valence-electron chi connectivity index (χ2n) is 6.32. The fourth-order valence-corrected chi connectivity index (χ4v) is 3.54. The number of rotatable bonds is 6. The monoisotopic (exact) mass is 291 g/mol. The van der Waals surface area contributed by atoms with E-state index in [1.165, 1.54) is 5.56 Å². The number of hydrogen-bond donors (Lipinski definition) is 1. The van der Waals surface area contributed by atoms with E-state index in [4.69, 9.17) is 9.47 Å². The number of ether oxygens (including phenoxy) is 2. The van der Waals surface area contributed by atoms with Crippen LogP contribution in [0, 0.1) is 11.3 Å². The Kier molecular flexibility index (Phi) is 4.91. The molecule has 1 N–H and O–H groups in total. The van der Waals surface area contributed by atoms with Crippen molar-refractivity contribution < 1.29 is 14.6 Å². The quantitative estimate of drug-likeness (QED) is 0.807. The predicted octanol–water partition coefficient (Wildman–Crippen LogP) is 1.53. The first-order valence-corrected chi connectivity index (χ1v) is 7.85. The molecule has 0 aliphatic carbocycles. The van der Waals surface area contributed by atoms with Crippen LogP contribution in [0.4, 0.5) is 0 Å². The summed E-state index contributed by atoms with van der Waals surface area (Å²) < 4.78 is 11.3. The number of nitrogens with zero attached hydrogens (tertiary/aromatic N) is 1. The average Bonchev–Trinajstić information content (AvgIpc) is 2.91. The van der Waals surface area contributed by atoms with E-state index < -0.39 is 0 Å². The number of aliphatic hydroxyl groups excluding tert-OH is 1. The van der Waals surface area contributed by atoms with Gasteiger partial charge in [0.2, 0.25) is 0 Å². The third-order valence-electron chi connectivity index (χ3n) is 4.92. The zero-order chi connectivity index (χ0) is 14.5. The molecule has 3 rings (SSSR count). The summed E-state index contributed by atoms with van der Waals surface area (Å²) in [6, 6.07) is 10.3. The molecule has 4 nitrogen and oxygen atoms in total. The molecule has 0 bridgehead atoms. The van der Waals surface area contributed by atoms with Gasteiger partial charge in [-0.2, -0.15) is 0 Å². The van der Waals surface area contributed by atoms with Gasteiger partial charge in [0.1, 0.15) is 0 Å². The number of hydrogen-bond acceptors (Lipinski definition) is 4. The molecule has 2 saturated heterocycles. The lowest BCUT2D eigenvalue weighted by molar-refractivity contribution is -0.0417. The van der Waals surface area contributed by atoms with Crippen LogP contribution in [-0.4, -0.2) is 56.1 Å². The minimum absolute atomic E-state index is 0.0671. The van der Waals surface area contributed by atoms with Crippen LogP contribution < -0.4 is 0 Å². The summed E-state index contributed by atoms with van der Waals surface area (Å²) in [4.78, 5) is 2.42. The normalized spacial score (nSPS) is 29.5. The van der Waals surface area contributed by atoms with Gasteiger partial charge in [0.25, 0.3) is 0 Å². The molecule has 0 aromatic heterocycles. The molecule has 2 atom stereocenters. The molecule has 116 valence electrons. The van der Waals surface area contributed by atoms with Gasteiger partial charge in [-0.3, -0.25) is 0 Å². The maximum atomic E-state index is 9.78. The summed E-state index contributed by atoms with van der Waals surface area (Å²) >= 11 is 0. The van der Waals surface area contributed by atoms with Gasteiger partial charge in [0.05, 0.1) is 26.4 Å². The molecule has 0 unspecified atom stereocenters. The molecule has 2 heterocycles. The van der Waals surface area contributed by atoms with Crippen LogP contribution in [-0.2, 0) is 16.1 Å². The number of benzene rings is 1. The van der Waals surface area contributed by atoms with Gasteiger partial charge >= 0.3 is 0 Å². The Balaban J connectivity index is 1.42. The van der Waals surface area contributed by atoms with E-state index in [9.17, 15) is 5.11 Å². The first-order valence-electron chi connectivity index (χ1n) is 7.85. The second kappa shape index (κ2) is 6.88. The Morgan fingerprint density at radius 3 is 2.95 bits per heavy atom. The number of likely N-dealkylation sites (tertiary alicyclic amines) is 1. The van der Waals surface area contributed by atoms with Crippen LogP contribution in [0.5, 0.6) is 0 Å². The van der Waals surface area contributed by atoms with E-state index in [0.29, 0.717) is 12.5 Å². The van der Waals surface area contributed by atoms with E-state index in [0.717, 1.165) is 45.9 Å². The van der Waals surface area contributed by atoms with Crippen molar-refractivity contribution in [1.82, 2.24) is 4.90 Å². The van der Waals surface area contributed by atoms with Crippen molar-refractivity contribution in [1.29, 1.82) is 0 Å². The molecule has 0 radical (unpaired) electrons. The van der Waals surface area contributed by atoms with Crippen molar-refractivity contribution in [3.05, 3.63) is 35.9 Å². The summed E-state index contributed by atoms with van der Waals surface area (Å²) in [5, 5.41) is 9.78. The predicted molar refractivity (Wildman–Crippen MR) is 81.0 cm³/mol. The summed E-state index contributed by atoms with van der Waals surface area (Å²) in [5.74, 6) is 0.477. The van der Waals surface area contributed by atoms with Crippen LogP contribution in [0.15, 0.2) is 30.3 Å². The molecule has 21 heavy (non-hydrogen) atoms. The topological polar surface area (TPSA) is 41.9 Å². The lowest BCUT2D eigenvalue weighted by Gasteiger charge is -2.36. The molecule has 4 heteroatoms. The van der Waals surface area contributed by atoms with Crippen molar-refractivity contribution >= 4 is 0 Å². The molecular formula is C17H25NO3. The highest BCUT2D eigenvalue weighted by Crippen LogP contribution is 2.41. The van der Waals surface area contributed by atoms with E-state index in [2.05, 4.69) is 17.0 Å². The van der Waals surface area contributed by atoms with Crippen LogP contribution in [0.25, 0.3) is 0 Å². The largest absolute Gasteiger partial charge is 0.396 e. The van der Waals surface area contributed by atoms with Gasteiger partial charge in [0, 0.05) is 37.6 Å². The molecule has 2 fully saturated rings. The minimum atomic E-state index is 0.0671. The minimum Gasteiger partial charge on any atom is -0.396 e. The van der Waals surface area contributed by atoms with E-state index >= 15 is 0 Å². The fraction of sp³-hybridized carbons (Fsp3) is 0.647. The molecule has 2 aliphatic heterocycles. The highest BCUT2D eigenvalue weighted by atomic mass is 16.5. The van der Waals surface area contributed by atoms with Gasteiger partial charge in [0.15, 0.2) is 0 Å². The lowest BCUT2D eigenvalue weighted by atomic mass is 9.75.